The Morgan fingerprint density at radius 2 is 1.62 bits per heavy atom. The fourth-order valence-electron chi connectivity index (χ4n) is 2.23. The number of carbonyl (C=O) groups is 1. The molecule has 0 spiro atoms. The number of methoxy groups -OCH3 is 3. The standard InChI is InChI=1S/C18H19BrO5/c1-21-15-8-12(9-16(22-2)18(15)23-3)10-17(20)24-11-13-6-4-5-7-14(13)19/h4-9H,10-11H2,1-3H3. The first-order chi connectivity index (χ1) is 11.6. The molecule has 0 amide bonds. The number of esters is 1. The van der Waals surface area contributed by atoms with Crippen LogP contribution in [0, 0.1) is 0 Å². The van der Waals surface area contributed by atoms with E-state index < -0.39 is 0 Å². The van der Waals surface area contributed by atoms with Gasteiger partial charge in [0.25, 0.3) is 0 Å². The van der Waals surface area contributed by atoms with Gasteiger partial charge < -0.3 is 18.9 Å². The van der Waals surface area contributed by atoms with Crippen LogP contribution in [0.25, 0.3) is 0 Å². The van der Waals surface area contributed by atoms with Crippen LogP contribution >= 0.6 is 15.9 Å². The highest BCUT2D eigenvalue weighted by Crippen LogP contribution is 2.38. The molecule has 0 fully saturated rings. The second-order valence-corrected chi connectivity index (χ2v) is 5.82. The number of benzene rings is 2. The van der Waals surface area contributed by atoms with E-state index in [2.05, 4.69) is 15.9 Å². The molecule has 2 aromatic carbocycles. The smallest absolute Gasteiger partial charge is 0.310 e. The van der Waals surface area contributed by atoms with Crippen molar-refractivity contribution in [3.05, 3.63) is 52.0 Å². The van der Waals surface area contributed by atoms with E-state index in [0.717, 1.165) is 15.6 Å². The normalized spacial score (nSPS) is 10.2. The number of ether oxygens (including phenoxy) is 4. The van der Waals surface area contributed by atoms with Gasteiger partial charge in [0.05, 0.1) is 27.8 Å². The van der Waals surface area contributed by atoms with Crippen molar-refractivity contribution < 1.29 is 23.7 Å². The number of rotatable bonds is 7. The van der Waals surface area contributed by atoms with E-state index in [1.54, 1.807) is 12.1 Å². The summed E-state index contributed by atoms with van der Waals surface area (Å²) in [5, 5.41) is 0. The Hall–Kier alpha value is -2.21. The van der Waals surface area contributed by atoms with Crippen LogP contribution in [0.5, 0.6) is 17.2 Å². The Labute approximate surface area is 149 Å². The van der Waals surface area contributed by atoms with Gasteiger partial charge in [0, 0.05) is 10.0 Å². The van der Waals surface area contributed by atoms with Crippen molar-refractivity contribution in [2.24, 2.45) is 0 Å². The predicted octanol–water partition coefficient (Wildman–Crippen LogP) is 3.76. The van der Waals surface area contributed by atoms with E-state index in [-0.39, 0.29) is 19.0 Å². The Morgan fingerprint density at radius 1 is 1.00 bits per heavy atom. The summed E-state index contributed by atoms with van der Waals surface area (Å²) in [5.74, 6) is 1.17. The largest absolute Gasteiger partial charge is 0.493 e. The molecule has 0 N–H and O–H groups in total. The first kappa shape index (κ1) is 18.1. The van der Waals surface area contributed by atoms with Crippen molar-refractivity contribution in [3.63, 3.8) is 0 Å². The van der Waals surface area contributed by atoms with E-state index in [0.29, 0.717) is 17.2 Å². The third-order valence-corrected chi connectivity index (χ3v) is 4.19. The average molecular weight is 395 g/mol. The van der Waals surface area contributed by atoms with Crippen LogP contribution in [0.3, 0.4) is 0 Å². The zero-order valence-corrected chi connectivity index (χ0v) is 15.4. The van der Waals surface area contributed by atoms with Crippen LogP contribution < -0.4 is 14.2 Å². The number of carbonyl (C=O) groups excluding carboxylic acids is 1. The monoisotopic (exact) mass is 394 g/mol. The molecule has 128 valence electrons. The minimum Gasteiger partial charge on any atom is -0.493 e. The van der Waals surface area contributed by atoms with Crippen LogP contribution in [-0.2, 0) is 22.6 Å². The highest BCUT2D eigenvalue weighted by atomic mass is 79.9. The minimum absolute atomic E-state index is 0.112. The number of halogens is 1. The lowest BCUT2D eigenvalue weighted by molar-refractivity contribution is -0.144. The van der Waals surface area contributed by atoms with Crippen molar-refractivity contribution >= 4 is 21.9 Å². The van der Waals surface area contributed by atoms with Gasteiger partial charge >= 0.3 is 5.97 Å². The van der Waals surface area contributed by atoms with Crippen LogP contribution in [0.2, 0.25) is 0 Å². The molecule has 0 heterocycles. The van der Waals surface area contributed by atoms with Crippen LogP contribution in [-0.4, -0.2) is 27.3 Å². The maximum Gasteiger partial charge on any atom is 0.310 e. The Morgan fingerprint density at radius 3 is 2.17 bits per heavy atom. The molecule has 6 heteroatoms. The average Bonchev–Trinajstić information content (AvgIpc) is 2.60. The fraction of sp³-hybridized carbons (Fsp3) is 0.278. The second kappa shape index (κ2) is 8.59. The quantitative estimate of drug-likeness (QED) is 0.669. The molecule has 5 nitrogen and oxygen atoms in total. The SMILES string of the molecule is COc1cc(CC(=O)OCc2ccccc2Br)cc(OC)c1OC. The Bertz CT molecular complexity index is 689. The molecule has 0 radical (unpaired) electrons. The van der Waals surface area contributed by atoms with Crippen molar-refractivity contribution in [1.29, 1.82) is 0 Å². The first-order valence-electron chi connectivity index (χ1n) is 7.27. The van der Waals surface area contributed by atoms with Gasteiger partial charge in [0.2, 0.25) is 5.75 Å². The first-order valence-corrected chi connectivity index (χ1v) is 8.06. The molecule has 2 aromatic rings. The molecule has 0 bridgehead atoms. The van der Waals surface area contributed by atoms with Crippen LogP contribution in [0.15, 0.2) is 40.9 Å². The number of hydrogen-bond donors (Lipinski definition) is 0. The lowest BCUT2D eigenvalue weighted by atomic mass is 10.1. The molecule has 0 aliphatic carbocycles. The molecule has 0 saturated carbocycles. The van der Waals surface area contributed by atoms with E-state index in [4.69, 9.17) is 18.9 Å². The molecule has 0 aromatic heterocycles. The summed E-state index contributed by atoms with van der Waals surface area (Å²) in [5.41, 5.74) is 1.64. The van der Waals surface area contributed by atoms with Gasteiger partial charge in [-0.25, -0.2) is 0 Å². The fourth-order valence-corrected chi connectivity index (χ4v) is 2.63. The second-order valence-electron chi connectivity index (χ2n) is 4.96. The predicted molar refractivity (Wildman–Crippen MR) is 93.7 cm³/mol. The van der Waals surface area contributed by atoms with Gasteiger partial charge in [0.1, 0.15) is 6.61 Å². The Balaban J connectivity index is 2.07. The van der Waals surface area contributed by atoms with Gasteiger partial charge in [-0.3, -0.25) is 4.79 Å². The van der Waals surface area contributed by atoms with E-state index in [1.807, 2.05) is 24.3 Å². The summed E-state index contributed by atoms with van der Waals surface area (Å²) in [6, 6.07) is 11.1. The lowest BCUT2D eigenvalue weighted by Gasteiger charge is -2.14. The van der Waals surface area contributed by atoms with E-state index in [9.17, 15) is 4.79 Å². The van der Waals surface area contributed by atoms with Crippen molar-refractivity contribution in [2.45, 2.75) is 13.0 Å². The summed E-state index contributed by atoms with van der Waals surface area (Å²) in [7, 11) is 4.60. The molecule has 2 rings (SSSR count). The van der Waals surface area contributed by atoms with Gasteiger partial charge in [-0.15, -0.1) is 0 Å². The zero-order valence-electron chi connectivity index (χ0n) is 13.8. The third kappa shape index (κ3) is 4.41. The lowest BCUT2D eigenvalue weighted by Crippen LogP contribution is -2.09. The van der Waals surface area contributed by atoms with Crippen molar-refractivity contribution in [3.8, 4) is 17.2 Å². The van der Waals surface area contributed by atoms with E-state index in [1.165, 1.54) is 21.3 Å². The maximum atomic E-state index is 12.1. The molecule has 24 heavy (non-hydrogen) atoms. The van der Waals surface area contributed by atoms with Gasteiger partial charge in [-0.2, -0.15) is 0 Å². The molecule has 0 unspecified atom stereocenters. The highest BCUT2D eigenvalue weighted by molar-refractivity contribution is 9.10. The minimum atomic E-state index is -0.333. The zero-order chi connectivity index (χ0) is 17.5. The summed E-state index contributed by atoms with van der Waals surface area (Å²) in [6.07, 6.45) is 0.112. The van der Waals surface area contributed by atoms with Gasteiger partial charge in [0.15, 0.2) is 11.5 Å². The third-order valence-electron chi connectivity index (χ3n) is 3.42. The molecule has 0 atom stereocenters. The van der Waals surface area contributed by atoms with Crippen LogP contribution in [0.1, 0.15) is 11.1 Å². The molecular weight excluding hydrogens is 376 g/mol. The summed E-state index contributed by atoms with van der Waals surface area (Å²) >= 11 is 3.43. The summed E-state index contributed by atoms with van der Waals surface area (Å²) < 4.78 is 22.1. The maximum absolute atomic E-state index is 12.1. The topological polar surface area (TPSA) is 54.0 Å². The van der Waals surface area contributed by atoms with Crippen molar-refractivity contribution in [1.82, 2.24) is 0 Å². The highest BCUT2D eigenvalue weighted by Gasteiger charge is 2.15. The van der Waals surface area contributed by atoms with Gasteiger partial charge in [-0.1, -0.05) is 34.1 Å². The number of hydrogen-bond acceptors (Lipinski definition) is 5. The van der Waals surface area contributed by atoms with Gasteiger partial charge in [-0.05, 0) is 23.8 Å². The molecule has 0 aliphatic rings. The van der Waals surface area contributed by atoms with Crippen LogP contribution in [0.4, 0.5) is 0 Å². The van der Waals surface area contributed by atoms with Crippen molar-refractivity contribution in [2.75, 3.05) is 21.3 Å². The van der Waals surface area contributed by atoms with E-state index >= 15 is 0 Å². The Kier molecular flexibility index (Phi) is 6.49. The molecular formula is C18H19BrO5. The molecule has 0 saturated heterocycles. The summed E-state index contributed by atoms with van der Waals surface area (Å²) in [4.78, 5) is 12.1. The molecule has 0 aliphatic heterocycles. The summed E-state index contributed by atoms with van der Waals surface area (Å²) in [6.45, 7) is 0.213.